The largest absolute Gasteiger partial charge is 0.315 e. The van der Waals surface area contributed by atoms with Gasteiger partial charge in [0.2, 0.25) is 0 Å². The Morgan fingerprint density at radius 3 is 2.33 bits per heavy atom. The van der Waals surface area contributed by atoms with Crippen molar-refractivity contribution in [2.24, 2.45) is 0 Å². The van der Waals surface area contributed by atoms with Gasteiger partial charge in [0.15, 0.2) is 0 Å². The van der Waals surface area contributed by atoms with Crippen LogP contribution in [0.1, 0.15) is 32.1 Å². The second kappa shape index (κ2) is 4.40. The lowest BCUT2D eigenvalue weighted by molar-refractivity contribution is 0.184. The van der Waals surface area contributed by atoms with Gasteiger partial charge < -0.3 is 15.5 Å². The summed E-state index contributed by atoms with van der Waals surface area (Å²) in [4.78, 5) is 2.70. The smallest absolute Gasteiger partial charge is 0.0207 e. The van der Waals surface area contributed by atoms with E-state index in [1.165, 1.54) is 58.3 Å². The van der Waals surface area contributed by atoms with Gasteiger partial charge in [0.25, 0.3) is 0 Å². The molecule has 3 rings (SSSR count). The van der Waals surface area contributed by atoms with Gasteiger partial charge >= 0.3 is 0 Å². The molecule has 3 nitrogen and oxygen atoms in total. The molecule has 0 radical (unpaired) electrons. The molecule has 0 aromatic heterocycles. The van der Waals surface area contributed by atoms with Crippen molar-refractivity contribution in [2.45, 2.75) is 50.2 Å². The Morgan fingerprint density at radius 2 is 1.73 bits per heavy atom. The molecular formula is C12H23N3. The highest BCUT2D eigenvalue weighted by molar-refractivity contribution is 4.90. The van der Waals surface area contributed by atoms with E-state index in [4.69, 9.17) is 0 Å². The van der Waals surface area contributed by atoms with E-state index in [1.807, 2.05) is 0 Å². The average Bonchev–Trinajstić information content (AvgIpc) is 2.99. The summed E-state index contributed by atoms with van der Waals surface area (Å²) in [5.74, 6) is 0. The first-order chi connectivity index (χ1) is 7.42. The van der Waals surface area contributed by atoms with Crippen LogP contribution in [-0.4, -0.2) is 49.2 Å². The van der Waals surface area contributed by atoms with Crippen LogP contribution in [0.5, 0.6) is 0 Å². The minimum Gasteiger partial charge on any atom is -0.315 e. The van der Waals surface area contributed by atoms with E-state index in [2.05, 4.69) is 15.5 Å². The van der Waals surface area contributed by atoms with Crippen molar-refractivity contribution in [2.75, 3.05) is 26.2 Å². The highest BCUT2D eigenvalue weighted by Gasteiger charge is 2.32. The fourth-order valence-corrected chi connectivity index (χ4v) is 3.00. The number of likely N-dealkylation sites (tertiary alicyclic amines) is 1. The zero-order valence-electron chi connectivity index (χ0n) is 9.54. The van der Waals surface area contributed by atoms with Crippen molar-refractivity contribution in [1.82, 2.24) is 15.5 Å². The first-order valence-corrected chi connectivity index (χ1v) is 6.62. The Bertz CT molecular complexity index is 201. The Kier molecular flexibility index (Phi) is 2.95. The minimum atomic E-state index is 0.752. The number of nitrogens with one attached hydrogen (secondary N) is 2. The zero-order valence-corrected chi connectivity index (χ0v) is 9.54. The molecule has 15 heavy (non-hydrogen) atoms. The molecule has 1 unspecified atom stereocenters. The molecule has 2 saturated heterocycles. The van der Waals surface area contributed by atoms with E-state index in [0.717, 1.165) is 18.1 Å². The lowest BCUT2D eigenvalue weighted by atomic mass is 10.0. The molecule has 2 aliphatic heterocycles. The summed E-state index contributed by atoms with van der Waals surface area (Å²) >= 11 is 0. The Balaban J connectivity index is 1.40. The SMILES string of the molecule is C1CC(NC2CCN(C3CC3)CC2)CN1. The number of piperidine rings is 1. The van der Waals surface area contributed by atoms with Gasteiger partial charge in [-0.15, -0.1) is 0 Å². The number of nitrogens with zero attached hydrogens (tertiary/aromatic N) is 1. The fourth-order valence-electron chi connectivity index (χ4n) is 3.00. The zero-order chi connectivity index (χ0) is 10.1. The van der Waals surface area contributed by atoms with Gasteiger partial charge in [0.1, 0.15) is 0 Å². The summed E-state index contributed by atoms with van der Waals surface area (Å²) in [6, 6.07) is 2.52. The molecule has 1 saturated carbocycles. The summed E-state index contributed by atoms with van der Waals surface area (Å²) in [5.41, 5.74) is 0. The van der Waals surface area contributed by atoms with Crippen LogP contribution in [-0.2, 0) is 0 Å². The molecule has 3 fully saturated rings. The van der Waals surface area contributed by atoms with Crippen molar-refractivity contribution < 1.29 is 0 Å². The average molecular weight is 209 g/mol. The molecule has 0 aromatic carbocycles. The predicted molar refractivity (Wildman–Crippen MR) is 62.0 cm³/mol. The van der Waals surface area contributed by atoms with E-state index in [1.54, 1.807) is 0 Å². The Labute approximate surface area is 92.6 Å². The highest BCUT2D eigenvalue weighted by atomic mass is 15.2. The standard InChI is InChI=1S/C12H23N3/c1-2-12(1)15-7-4-10(5-8-15)14-11-3-6-13-9-11/h10-14H,1-9H2. The predicted octanol–water partition coefficient (Wildman–Crippen LogP) is 0.565. The van der Waals surface area contributed by atoms with Gasteiger partial charge in [-0.25, -0.2) is 0 Å². The molecule has 3 aliphatic rings. The molecule has 0 bridgehead atoms. The van der Waals surface area contributed by atoms with Crippen LogP contribution in [0.2, 0.25) is 0 Å². The first kappa shape index (κ1) is 10.1. The minimum absolute atomic E-state index is 0.752. The number of hydrogen-bond acceptors (Lipinski definition) is 3. The van der Waals surface area contributed by atoms with Crippen molar-refractivity contribution >= 4 is 0 Å². The van der Waals surface area contributed by atoms with Crippen molar-refractivity contribution in [3.8, 4) is 0 Å². The third-order valence-corrected chi connectivity index (χ3v) is 4.12. The summed E-state index contributed by atoms with van der Waals surface area (Å²) < 4.78 is 0. The molecule has 3 heteroatoms. The maximum absolute atomic E-state index is 3.81. The highest BCUT2D eigenvalue weighted by Crippen LogP contribution is 2.29. The quantitative estimate of drug-likeness (QED) is 0.711. The molecule has 2 N–H and O–H groups in total. The van der Waals surface area contributed by atoms with Gasteiger partial charge in [-0.2, -0.15) is 0 Å². The van der Waals surface area contributed by atoms with E-state index in [-0.39, 0.29) is 0 Å². The van der Waals surface area contributed by atoms with Crippen molar-refractivity contribution in [3.05, 3.63) is 0 Å². The monoisotopic (exact) mass is 209 g/mol. The molecular weight excluding hydrogens is 186 g/mol. The van der Waals surface area contributed by atoms with E-state index in [9.17, 15) is 0 Å². The third-order valence-electron chi connectivity index (χ3n) is 4.12. The van der Waals surface area contributed by atoms with E-state index < -0.39 is 0 Å². The second-order valence-electron chi connectivity index (χ2n) is 5.40. The van der Waals surface area contributed by atoms with Gasteiger partial charge in [-0.05, 0) is 51.7 Å². The van der Waals surface area contributed by atoms with Crippen molar-refractivity contribution in [3.63, 3.8) is 0 Å². The summed E-state index contributed by atoms with van der Waals surface area (Å²) in [5, 5.41) is 7.23. The number of hydrogen-bond donors (Lipinski definition) is 2. The maximum Gasteiger partial charge on any atom is 0.0207 e. The molecule has 1 aliphatic carbocycles. The third kappa shape index (κ3) is 2.52. The normalized spacial score (nSPS) is 34.8. The molecule has 0 amide bonds. The Hall–Kier alpha value is -0.120. The van der Waals surface area contributed by atoms with Crippen LogP contribution in [0.4, 0.5) is 0 Å². The van der Waals surface area contributed by atoms with Crippen molar-refractivity contribution in [1.29, 1.82) is 0 Å². The molecule has 0 aromatic rings. The molecule has 2 heterocycles. The van der Waals surface area contributed by atoms with Gasteiger partial charge in [-0.1, -0.05) is 0 Å². The lowest BCUT2D eigenvalue weighted by Gasteiger charge is -2.33. The van der Waals surface area contributed by atoms with E-state index in [0.29, 0.717) is 0 Å². The summed E-state index contributed by atoms with van der Waals surface area (Å²) in [6.45, 7) is 5.06. The maximum atomic E-state index is 3.81. The van der Waals surface area contributed by atoms with Crippen LogP contribution in [0.15, 0.2) is 0 Å². The van der Waals surface area contributed by atoms with Gasteiger partial charge in [0, 0.05) is 24.7 Å². The van der Waals surface area contributed by atoms with Crippen LogP contribution in [0.25, 0.3) is 0 Å². The molecule has 0 spiro atoms. The number of rotatable bonds is 3. The Morgan fingerprint density at radius 1 is 0.933 bits per heavy atom. The van der Waals surface area contributed by atoms with Crippen LogP contribution in [0.3, 0.4) is 0 Å². The van der Waals surface area contributed by atoms with Crippen LogP contribution in [0, 0.1) is 0 Å². The summed E-state index contributed by atoms with van der Waals surface area (Å²) in [6.07, 6.45) is 6.98. The first-order valence-electron chi connectivity index (χ1n) is 6.62. The lowest BCUT2D eigenvalue weighted by Crippen LogP contribution is -2.47. The van der Waals surface area contributed by atoms with Gasteiger partial charge in [0.05, 0.1) is 0 Å². The molecule has 1 atom stereocenters. The van der Waals surface area contributed by atoms with Crippen LogP contribution >= 0.6 is 0 Å². The van der Waals surface area contributed by atoms with Gasteiger partial charge in [-0.3, -0.25) is 0 Å². The van der Waals surface area contributed by atoms with E-state index >= 15 is 0 Å². The topological polar surface area (TPSA) is 27.3 Å². The molecule has 86 valence electrons. The summed E-state index contributed by atoms with van der Waals surface area (Å²) in [7, 11) is 0. The van der Waals surface area contributed by atoms with Crippen LogP contribution < -0.4 is 10.6 Å². The fraction of sp³-hybridized carbons (Fsp3) is 1.00. The second-order valence-corrected chi connectivity index (χ2v) is 5.40.